The number of nitrogens with two attached hydrogens (primary N) is 1. The Morgan fingerprint density at radius 2 is 1.78 bits per heavy atom. The molecule has 2 rings (SSSR count). The van der Waals surface area contributed by atoms with Crippen molar-refractivity contribution in [1.82, 2.24) is 15.3 Å². The van der Waals surface area contributed by atoms with Crippen LogP contribution in [0.4, 0.5) is 5.82 Å². The number of halogens is 4. The predicted octanol–water partition coefficient (Wildman–Crippen LogP) is 1.50. The molecule has 0 unspecified atom stereocenters. The second-order valence-electron chi connectivity index (χ2n) is 3.51. The zero-order chi connectivity index (χ0) is 11.5. The Morgan fingerprint density at radius 1 is 1.17 bits per heavy atom. The summed E-state index contributed by atoms with van der Waals surface area (Å²) >= 11 is 12.0. The SMILES string of the molecule is Cl.Cl.NCc1nc(Cl)c(Cl)c(N2CCNCC2)n1. The second kappa shape index (κ2) is 8.19. The summed E-state index contributed by atoms with van der Waals surface area (Å²) < 4.78 is 0. The Kier molecular flexibility index (Phi) is 8.18. The van der Waals surface area contributed by atoms with Gasteiger partial charge in [0, 0.05) is 26.2 Å². The van der Waals surface area contributed by atoms with Crippen LogP contribution >= 0.6 is 48.0 Å². The number of nitrogens with zero attached hydrogens (tertiary/aromatic N) is 3. The lowest BCUT2D eigenvalue weighted by Gasteiger charge is -2.29. The zero-order valence-corrected chi connectivity index (χ0v) is 12.7. The second-order valence-corrected chi connectivity index (χ2v) is 4.25. The van der Waals surface area contributed by atoms with E-state index in [2.05, 4.69) is 20.2 Å². The molecule has 9 heteroatoms. The molecule has 5 nitrogen and oxygen atoms in total. The molecule has 0 aliphatic carbocycles. The Bertz CT molecular complexity index is 383. The molecule has 3 N–H and O–H groups in total. The standard InChI is InChI=1S/C9H13Cl2N5.2ClH/c10-7-8(11)14-6(5-12)15-9(7)16-3-1-13-2-4-16;;/h13H,1-5,12H2;2*1H. The van der Waals surface area contributed by atoms with Gasteiger partial charge in [0.15, 0.2) is 11.0 Å². The molecule has 0 atom stereocenters. The molecule has 0 bridgehead atoms. The van der Waals surface area contributed by atoms with E-state index in [1.54, 1.807) is 0 Å². The predicted molar refractivity (Wildman–Crippen MR) is 79.5 cm³/mol. The highest BCUT2D eigenvalue weighted by Gasteiger charge is 2.18. The number of hydrogen-bond acceptors (Lipinski definition) is 5. The minimum atomic E-state index is 0. The van der Waals surface area contributed by atoms with Crippen LogP contribution in [0.25, 0.3) is 0 Å². The summed E-state index contributed by atoms with van der Waals surface area (Å²) in [6, 6.07) is 0. The Morgan fingerprint density at radius 3 is 2.33 bits per heavy atom. The van der Waals surface area contributed by atoms with E-state index in [-0.39, 0.29) is 36.5 Å². The fraction of sp³-hybridized carbons (Fsp3) is 0.556. The first kappa shape index (κ1) is 18.0. The Labute approximate surface area is 128 Å². The minimum Gasteiger partial charge on any atom is -0.353 e. The maximum atomic E-state index is 6.10. The lowest BCUT2D eigenvalue weighted by Crippen LogP contribution is -2.44. The third kappa shape index (κ3) is 3.98. The molecule has 0 radical (unpaired) electrons. The van der Waals surface area contributed by atoms with Crippen LogP contribution in [0.3, 0.4) is 0 Å². The molecular formula is C9H15Cl4N5. The van der Waals surface area contributed by atoms with Crippen molar-refractivity contribution in [2.24, 2.45) is 5.73 Å². The van der Waals surface area contributed by atoms with Crippen molar-refractivity contribution in [3.63, 3.8) is 0 Å². The summed E-state index contributed by atoms with van der Waals surface area (Å²) in [6.07, 6.45) is 0. The Balaban J connectivity index is 0.00000144. The van der Waals surface area contributed by atoms with E-state index in [9.17, 15) is 0 Å². The summed E-state index contributed by atoms with van der Waals surface area (Å²) in [6.45, 7) is 3.80. The third-order valence-electron chi connectivity index (χ3n) is 2.44. The van der Waals surface area contributed by atoms with Crippen molar-refractivity contribution in [2.45, 2.75) is 6.54 Å². The van der Waals surface area contributed by atoms with Gasteiger partial charge in [0.2, 0.25) is 0 Å². The van der Waals surface area contributed by atoms with Crippen LogP contribution in [-0.4, -0.2) is 36.1 Å². The van der Waals surface area contributed by atoms with Crippen LogP contribution in [0.2, 0.25) is 10.2 Å². The van der Waals surface area contributed by atoms with Crippen LogP contribution < -0.4 is 16.0 Å². The van der Waals surface area contributed by atoms with Gasteiger partial charge in [0.05, 0.1) is 6.54 Å². The third-order valence-corrected chi connectivity index (χ3v) is 3.16. The van der Waals surface area contributed by atoms with Gasteiger partial charge in [-0.2, -0.15) is 0 Å². The number of rotatable bonds is 2. The fourth-order valence-corrected chi connectivity index (χ4v) is 2.01. The van der Waals surface area contributed by atoms with Gasteiger partial charge in [-0.25, -0.2) is 9.97 Å². The molecule has 0 saturated carbocycles. The summed E-state index contributed by atoms with van der Waals surface area (Å²) in [4.78, 5) is 10.4. The van der Waals surface area contributed by atoms with E-state index >= 15 is 0 Å². The Hall–Kier alpha value is -0.0400. The van der Waals surface area contributed by atoms with Gasteiger partial charge in [-0.05, 0) is 0 Å². The topological polar surface area (TPSA) is 67.1 Å². The van der Waals surface area contributed by atoms with E-state index in [0.29, 0.717) is 16.7 Å². The highest BCUT2D eigenvalue weighted by atomic mass is 35.5. The van der Waals surface area contributed by atoms with Crippen molar-refractivity contribution in [1.29, 1.82) is 0 Å². The average Bonchev–Trinajstić information content (AvgIpc) is 2.33. The first-order valence-corrected chi connectivity index (χ1v) is 5.85. The highest BCUT2D eigenvalue weighted by Crippen LogP contribution is 2.29. The van der Waals surface area contributed by atoms with Gasteiger partial charge in [-0.3, -0.25) is 0 Å². The number of piperazine rings is 1. The smallest absolute Gasteiger partial charge is 0.153 e. The molecule has 18 heavy (non-hydrogen) atoms. The highest BCUT2D eigenvalue weighted by molar-refractivity contribution is 6.42. The maximum Gasteiger partial charge on any atom is 0.153 e. The average molecular weight is 335 g/mol. The van der Waals surface area contributed by atoms with E-state index in [1.807, 2.05) is 0 Å². The molecule has 104 valence electrons. The molecule has 1 aliphatic heterocycles. The summed E-state index contributed by atoms with van der Waals surface area (Å²) in [7, 11) is 0. The van der Waals surface area contributed by atoms with Crippen LogP contribution in [0.1, 0.15) is 5.82 Å². The van der Waals surface area contributed by atoms with Gasteiger partial charge in [0.25, 0.3) is 0 Å². The summed E-state index contributed by atoms with van der Waals surface area (Å²) in [5, 5.41) is 3.93. The molecule has 2 heterocycles. The quantitative estimate of drug-likeness (QED) is 0.802. The van der Waals surface area contributed by atoms with Crippen LogP contribution in [-0.2, 0) is 6.54 Å². The number of aromatic nitrogens is 2. The largest absolute Gasteiger partial charge is 0.353 e. The summed E-state index contributed by atoms with van der Waals surface area (Å²) in [5.41, 5.74) is 5.51. The molecular weight excluding hydrogens is 320 g/mol. The van der Waals surface area contributed by atoms with Crippen molar-refractivity contribution < 1.29 is 0 Å². The molecule has 1 aromatic rings. The van der Waals surface area contributed by atoms with E-state index in [4.69, 9.17) is 28.9 Å². The summed E-state index contributed by atoms with van der Waals surface area (Å²) in [5.74, 6) is 1.20. The lowest BCUT2D eigenvalue weighted by molar-refractivity contribution is 0.583. The fourth-order valence-electron chi connectivity index (χ4n) is 1.63. The molecule has 1 fully saturated rings. The van der Waals surface area contributed by atoms with Crippen molar-refractivity contribution in [3.8, 4) is 0 Å². The molecule has 0 spiro atoms. The number of anilines is 1. The lowest BCUT2D eigenvalue weighted by atomic mass is 10.3. The van der Waals surface area contributed by atoms with Crippen LogP contribution in [0, 0.1) is 0 Å². The van der Waals surface area contributed by atoms with Crippen molar-refractivity contribution in [3.05, 3.63) is 16.0 Å². The number of nitrogens with one attached hydrogen (secondary N) is 1. The molecule has 0 amide bonds. The van der Waals surface area contributed by atoms with Crippen molar-refractivity contribution in [2.75, 3.05) is 31.1 Å². The zero-order valence-electron chi connectivity index (χ0n) is 9.53. The van der Waals surface area contributed by atoms with Gasteiger partial charge >= 0.3 is 0 Å². The van der Waals surface area contributed by atoms with Crippen molar-refractivity contribution >= 4 is 53.8 Å². The molecule has 1 saturated heterocycles. The van der Waals surface area contributed by atoms with Crippen LogP contribution in [0.15, 0.2) is 0 Å². The number of hydrogen-bond donors (Lipinski definition) is 2. The molecule has 1 aliphatic rings. The van der Waals surface area contributed by atoms with Crippen LogP contribution in [0.5, 0.6) is 0 Å². The van der Waals surface area contributed by atoms with Gasteiger partial charge in [0.1, 0.15) is 10.8 Å². The van der Waals surface area contributed by atoms with E-state index in [1.165, 1.54) is 0 Å². The molecule has 1 aromatic heterocycles. The molecule has 0 aromatic carbocycles. The van der Waals surface area contributed by atoms with Gasteiger partial charge < -0.3 is 16.0 Å². The van der Waals surface area contributed by atoms with Gasteiger partial charge in [-0.15, -0.1) is 24.8 Å². The minimum absolute atomic E-state index is 0. The normalized spacial score (nSPS) is 14.7. The first-order valence-electron chi connectivity index (χ1n) is 5.10. The monoisotopic (exact) mass is 333 g/mol. The van der Waals surface area contributed by atoms with E-state index in [0.717, 1.165) is 26.2 Å². The first-order chi connectivity index (χ1) is 7.72. The van der Waals surface area contributed by atoms with Gasteiger partial charge in [-0.1, -0.05) is 23.2 Å². The van der Waals surface area contributed by atoms with E-state index < -0.39 is 0 Å². The maximum absolute atomic E-state index is 6.10.